The van der Waals surface area contributed by atoms with Gasteiger partial charge >= 0.3 is 0 Å². The van der Waals surface area contributed by atoms with E-state index >= 15 is 0 Å². The summed E-state index contributed by atoms with van der Waals surface area (Å²) in [6.45, 7) is 6.05. The van der Waals surface area contributed by atoms with Crippen LogP contribution in [0.1, 0.15) is 32.3 Å². The van der Waals surface area contributed by atoms with E-state index in [-0.39, 0.29) is 5.92 Å². The van der Waals surface area contributed by atoms with Crippen LogP contribution in [-0.2, 0) is 11.3 Å². The lowest BCUT2D eigenvalue weighted by molar-refractivity contribution is -0.128. The Morgan fingerprint density at radius 2 is 2.00 bits per heavy atom. The number of ketones is 1. The van der Waals surface area contributed by atoms with Gasteiger partial charge in [-0.1, -0.05) is 32.0 Å². The molecule has 0 radical (unpaired) electrons. The zero-order valence-electron chi connectivity index (χ0n) is 13.6. The number of carbonyl (C=O) groups is 1. The van der Waals surface area contributed by atoms with Crippen LogP contribution in [0.5, 0.6) is 5.75 Å². The molecule has 1 aromatic rings. The molecule has 0 N–H and O–H groups in total. The molecule has 3 heteroatoms. The number of benzene rings is 1. The Hall–Kier alpha value is -1.35. The van der Waals surface area contributed by atoms with Crippen molar-refractivity contribution in [2.75, 3.05) is 20.7 Å². The van der Waals surface area contributed by atoms with Gasteiger partial charge in [0.25, 0.3) is 0 Å². The Bertz CT molecular complexity index is 486. The lowest BCUT2D eigenvalue weighted by atomic mass is 9.74. The first-order valence-corrected chi connectivity index (χ1v) is 7.84. The van der Waals surface area contributed by atoms with E-state index in [9.17, 15) is 4.79 Å². The number of rotatable bonds is 5. The minimum Gasteiger partial charge on any atom is -0.496 e. The van der Waals surface area contributed by atoms with Gasteiger partial charge in [-0.05, 0) is 31.4 Å². The summed E-state index contributed by atoms with van der Waals surface area (Å²) in [5.41, 5.74) is 1.17. The van der Waals surface area contributed by atoms with Crippen LogP contribution in [0.3, 0.4) is 0 Å². The van der Waals surface area contributed by atoms with Gasteiger partial charge in [-0.25, -0.2) is 0 Å². The first-order valence-electron chi connectivity index (χ1n) is 7.84. The Morgan fingerprint density at radius 3 is 2.67 bits per heavy atom. The fourth-order valence-electron chi connectivity index (χ4n) is 3.50. The summed E-state index contributed by atoms with van der Waals surface area (Å²) < 4.78 is 5.40. The molecule has 1 fully saturated rings. The third kappa shape index (κ3) is 4.07. The zero-order valence-corrected chi connectivity index (χ0v) is 13.6. The molecule has 3 atom stereocenters. The van der Waals surface area contributed by atoms with Crippen molar-refractivity contribution in [1.82, 2.24) is 4.90 Å². The van der Waals surface area contributed by atoms with Crippen molar-refractivity contribution in [2.24, 2.45) is 17.8 Å². The molecular weight excluding hydrogens is 262 g/mol. The van der Waals surface area contributed by atoms with Gasteiger partial charge in [-0.2, -0.15) is 0 Å². The van der Waals surface area contributed by atoms with Crippen molar-refractivity contribution in [3.8, 4) is 5.75 Å². The Labute approximate surface area is 128 Å². The number of hydrogen-bond acceptors (Lipinski definition) is 3. The van der Waals surface area contributed by atoms with Crippen molar-refractivity contribution in [3.63, 3.8) is 0 Å². The normalized spacial score (nSPS) is 26.1. The maximum absolute atomic E-state index is 12.3. The highest BCUT2D eigenvalue weighted by molar-refractivity contribution is 5.82. The van der Waals surface area contributed by atoms with Crippen molar-refractivity contribution >= 4 is 5.78 Å². The molecule has 0 amide bonds. The van der Waals surface area contributed by atoms with Crippen LogP contribution in [-0.4, -0.2) is 31.4 Å². The maximum Gasteiger partial charge on any atom is 0.137 e. The standard InChI is InChI=1S/C18H27NO2/c1-13-9-14(2)16(17(20)10-13)12-19(3)11-15-7-5-6-8-18(15)21-4/h5-8,13-14,16H,9-12H2,1-4H3. The fourth-order valence-corrected chi connectivity index (χ4v) is 3.50. The number of carbonyl (C=O) groups excluding carboxylic acids is 1. The molecule has 116 valence electrons. The largest absolute Gasteiger partial charge is 0.496 e. The van der Waals surface area contributed by atoms with Crippen LogP contribution in [0.2, 0.25) is 0 Å². The predicted molar refractivity (Wildman–Crippen MR) is 85.4 cm³/mol. The van der Waals surface area contributed by atoms with Crippen LogP contribution < -0.4 is 4.74 Å². The third-order valence-electron chi connectivity index (χ3n) is 4.57. The highest BCUT2D eigenvalue weighted by atomic mass is 16.5. The minimum atomic E-state index is 0.181. The number of Topliss-reactive ketones (excluding diaryl/α,β-unsaturated/α-hetero) is 1. The van der Waals surface area contributed by atoms with Gasteiger partial charge in [0.1, 0.15) is 11.5 Å². The van der Waals surface area contributed by atoms with E-state index in [0.717, 1.165) is 25.3 Å². The molecule has 1 saturated carbocycles. The summed E-state index contributed by atoms with van der Waals surface area (Å²) in [6.07, 6.45) is 1.91. The number of ether oxygens (including phenoxy) is 1. The Balaban J connectivity index is 1.98. The van der Waals surface area contributed by atoms with Crippen molar-refractivity contribution < 1.29 is 9.53 Å². The number of methoxy groups -OCH3 is 1. The SMILES string of the molecule is COc1ccccc1CN(C)CC1C(=O)CC(C)CC1C. The molecule has 0 bridgehead atoms. The minimum absolute atomic E-state index is 0.181. The van der Waals surface area contributed by atoms with Crippen LogP contribution >= 0.6 is 0 Å². The Kier molecular flexibility index (Phi) is 5.40. The second-order valence-corrected chi connectivity index (χ2v) is 6.60. The van der Waals surface area contributed by atoms with Gasteiger partial charge in [0, 0.05) is 31.0 Å². The highest BCUT2D eigenvalue weighted by Crippen LogP contribution is 2.31. The van der Waals surface area contributed by atoms with Gasteiger partial charge in [0.05, 0.1) is 7.11 Å². The van der Waals surface area contributed by atoms with Crippen LogP contribution in [0.25, 0.3) is 0 Å². The van der Waals surface area contributed by atoms with Crippen molar-refractivity contribution in [1.29, 1.82) is 0 Å². The van der Waals surface area contributed by atoms with E-state index in [0.29, 0.717) is 17.6 Å². The summed E-state index contributed by atoms with van der Waals surface area (Å²) in [7, 11) is 3.79. The third-order valence-corrected chi connectivity index (χ3v) is 4.57. The first kappa shape index (κ1) is 16.0. The molecule has 3 unspecified atom stereocenters. The molecule has 0 saturated heterocycles. The van der Waals surface area contributed by atoms with Gasteiger partial charge in [-0.15, -0.1) is 0 Å². The predicted octanol–water partition coefficient (Wildman–Crippen LogP) is 3.38. The molecule has 0 aromatic heterocycles. The summed E-state index contributed by atoms with van der Waals surface area (Å²) in [6, 6.07) is 8.08. The van der Waals surface area contributed by atoms with Crippen LogP contribution in [0, 0.1) is 17.8 Å². The van der Waals surface area contributed by atoms with Crippen LogP contribution in [0.15, 0.2) is 24.3 Å². The molecule has 1 aromatic carbocycles. The van der Waals surface area contributed by atoms with Crippen molar-refractivity contribution in [2.45, 2.75) is 33.2 Å². The van der Waals surface area contributed by atoms with Gasteiger partial charge in [0.2, 0.25) is 0 Å². The summed E-state index contributed by atoms with van der Waals surface area (Å²) in [5.74, 6) is 2.57. The van der Waals surface area contributed by atoms with E-state index < -0.39 is 0 Å². The van der Waals surface area contributed by atoms with Gasteiger partial charge in [-0.3, -0.25) is 4.79 Å². The lowest BCUT2D eigenvalue weighted by Gasteiger charge is -2.34. The van der Waals surface area contributed by atoms with E-state index in [4.69, 9.17) is 4.74 Å². The van der Waals surface area contributed by atoms with E-state index in [1.54, 1.807) is 7.11 Å². The lowest BCUT2D eigenvalue weighted by Crippen LogP contribution is -2.38. The average molecular weight is 289 g/mol. The first-order chi connectivity index (χ1) is 10.0. The molecule has 1 aliphatic carbocycles. The van der Waals surface area contributed by atoms with E-state index in [1.165, 1.54) is 12.0 Å². The quantitative estimate of drug-likeness (QED) is 0.832. The highest BCUT2D eigenvalue weighted by Gasteiger charge is 2.32. The number of nitrogens with zero attached hydrogens (tertiary/aromatic N) is 1. The van der Waals surface area contributed by atoms with Gasteiger partial charge in [0.15, 0.2) is 0 Å². The topological polar surface area (TPSA) is 29.5 Å². The van der Waals surface area contributed by atoms with Gasteiger partial charge < -0.3 is 9.64 Å². The second-order valence-electron chi connectivity index (χ2n) is 6.60. The smallest absolute Gasteiger partial charge is 0.137 e. The molecular formula is C18H27NO2. The van der Waals surface area contributed by atoms with E-state index in [1.807, 2.05) is 18.2 Å². The maximum atomic E-state index is 12.3. The molecule has 1 aliphatic rings. The molecule has 3 nitrogen and oxygen atoms in total. The van der Waals surface area contributed by atoms with E-state index in [2.05, 4.69) is 31.9 Å². The second kappa shape index (κ2) is 7.08. The molecule has 0 spiro atoms. The summed E-state index contributed by atoms with van der Waals surface area (Å²) in [5, 5.41) is 0. The number of para-hydroxylation sites is 1. The monoisotopic (exact) mass is 289 g/mol. The van der Waals surface area contributed by atoms with Crippen LogP contribution in [0.4, 0.5) is 0 Å². The number of hydrogen-bond donors (Lipinski definition) is 0. The summed E-state index contributed by atoms with van der Waals surface area (Å²) >= 11 is 0. The fraction of sp³-hybridized carbons (Fsp3) is 0.611. The molecule has 0 heterocycles. The summed E-state index contributed by atoms with van der Waals surface area (Å²) in [4.78, 5) is 14.5. The van der Waals surface area contributed by atoms with Crippen molar-refractivity contribution in [3.05, 3.63) is 29.8 Å². The molecule has 2 rings (SSSR count). The zero-order chi connectivity index (χ0) is 15.4. The Morgan fingerprint density at radius 1 is 1.29 bits per heavy atom. The molecule has 0 aliphatic heterocycles. The molecule has 21 heavy (non-hydrogen) atoms. The average Bonchev–Trinajstić information content (AvgIpc) is 2.43.